The first-order chi connectivity index (χ1) is 17.0. The number of hydrogen-bond acceptors (Lipinski definition) is 5. The summed E-state index contributed by atoms with van der Waals surface area (Å²) >= 11 is 0. The smallest absolute Gasteiger partial charge is 0.252 e. The first-order valence-electron chi connectivity index (χ1n) is 12.9. The van der Waals surface area contributed by atoms with Gasteiger partial charge in [-0.1, -0.05) is 33.1 Å². The largest absolute Gasteiger partial charge is 0.375 e. The summed E-state index contributed by atoms with van der Waals surface area (Å²) in [7, 11) is 1.54. The number of rotatable bonds is 8. The van der Waals surface area contributed by atoms with E-state index in [4.69, 9.17) is 4.74 Å². The van der Waals surface area contributed by atoms with Gasteiger partial charge in [0, 0.05) is 62.9 Å². The number of anilines is 1. The van der Waals surface area contributed by atoms with Crippen LogP contribution in [0.4, 0.5) is 5.69 Å². The molecule has 2 N–H and O–H groups in total. The molecule has 0 atom stereocenters. The van der Waals surface area contributed by atoms with Crippen LogP contribution in [0.2, 0.25) is 0 Å². The quantitative estimate of drug-likeness (QED) is 0.557. The molecule has 0 saturated carbocycles. The van der Waals surface area contributed by atoms with Crippen LogP contribution in [0.3, 0.4) is 0 Å². The fourth-order valence-electron chi connectivity index (χ4n) is 4.55. The van der Waals surface area contributed by atoms with Crippen molar-refractivity contribution in [2.75, 3.05) is 38.3 Å². The van der Waals surface area contributed by atoms with Crippen LogP contribution in [-0.2, 0) is 22.6 Å². The standard InChI is InChI=1S/C27H41N5O3/c1-21(2)26-29-14-17-31(26)15-9-13-30-27(34)22-10-11-24-23(18-22)19-28-12-7-5-4-6-8-16-32(24)25(33)20-35-3/h10-11,14,17-18,21,28H,4-9,12-13,15-16,19-20H2,1-3H3,(H,30,34). The summed E-state index contributed by atoms with van der Waals surface area (Å²) in [6.45, 7) is 7.92. The Labute approximate surface area is 209 Å². The van der Waals surface area contributed by atoms with Gasteiger partial charge >= 0.3 is 0 Å². The number of aryl methyl sites for hydroxylation is 1. The first-order valence-corrected chi connectivity index (χ1v) is 12.9. The molecule has 35 heavy (non-hydrogen) atoms. The molecule has 3 rings (SSSR count). The Morgan fingerprint density at radius 1 is 1.17 bits per heavy atom. The highest BCUT2D eigenvalue weighted by Crippen LogP contribution is 2.24. The minimum Gasteiger partial charge on any atom is -0.375 e. The number of aromatic nitrogens is 2. The molecule has 0 bridgehead atoms. The Hall–Kier alpha value is -2.71. The SMILES string of the molecule is COCC(=O)N1CCCCCCCNCc2cc(C(=O)NCCCn3ccnc3C(C)C)ccc21. The molecular formula is C27H41N5O3. The number of amides is 2. The predicted molar refractivity (Wildman–Crippen MR) is 139 cm³/mol. The molecule has 2 heterocycles. The molecule has 2 amide bonds. The van der Waals surface area contributed by atoms with Crippen molar-refractivity contribution < 1.29 is 14.3 Å². The van der Waals surface area contributed by atoms with Crippen molar-refractivity contribution in [3.8, 4) is 0 Å². The van der Waals surface area contributed by atoms with Gasteiger partial charge in [-0.2, -0.15) is 0 Å². The van der Waals surface area contributed by atoms with Gasteiger partial charge in [-0.05, 0) is 49.6 Å². The molecule has 1 aromatic carbocycles. The molecule has 8 heteroatoms. The van der Waals surface area contributed by atoms with E-state index in [9.17, 15) is 9.59 Å². The number of methoxy groups -OCH3 is 1. The number of benzene rings is 1. The second-order valence-corrected chi connectivity index (χ2v) is 9.51. The predicted octanol–water partition coefficient (Wildman–Crippen LogP) is 3.86. The molecule has 0 aliphatic carbocycles. The molecule has 192 valence electrons. The van der Waals surface area contributed by atoms with Crippen LogP contribution in [0.5, 0.6) is 0 Å². The Kier molecular flexibility index (Phi) is 10.8. The Bertz CT molecular complexity index is 956. The lowest BCUT2D eigenvalue weighted by Crippen LogP contribution is -2.36. The fourth-order valence-corrected chi connectivity index (χ4v) is 4.55. The minimum absolute atomic E-state index is 0.0462. The topological polar surface area (TPSA) is 88.5 Å². The van der Waals surface area contributed by atoms with Crippen molar-refractivity contribution in [1.82, 2.24) is 20.2 Å². The molecule has 1 aromatic heterocycles. The summed E-state index contributed by atoms with van der Waals surface area (Å²) in [4.78, 5) is 32.0. The highest BCUT2D eigenvalue weighted by molar-refractivity contribution is 5.98. The number of carbonyl (C=O) groups excluding carboxylic acids is 2. The summed E-state index contributed by atoms with van der Waals surface area (Å²) in [5.74, 6) is 1.29. The average Bonchev–Trinajstić information content (AvgIpc) is 3.31. The van der Waals surface area contributed by atoms with E-state index in [2.05, 4.69) is 34.0 Å². The van der Waals surface area contributed by atoms with E-state index in [1.54, 1.807) is 7.11 Å². The van der Waals surface area contributed by atoms with E-state index in [1.807, 2.05) is 35.5 Å². The van der Waals surface area contributed by atoms with Gasteiger partial charge in [0.1, 0.15) is 12.4 Å². The normalized spacial score (nSPS) is 15.3. The minimum atomic E-state index is -0.0941. The molecule has 2 aromatic rings. The van der Waals surface area contributed by atoms with Gasteiger partial charge in [0.05, 0.1) is 0 Å². The molecule has 1 aliphatic heterocycles. The second-order valence-electron chi connectivity index (χ2n) is 9.51. The van der Waals surface area contributed by atoms with E-state index in [0.717, 1.165) is 55.8 Å². The van der Waals surface area contributed by atoms with E-state index in [-0.39, 0.29) is 18.4 Å². The third kappa shape index (κ3) is 7.90. The number of ether oxygens (including phenoxy) is 1. The maximum Gasteiger partial charge on any atom is 0.252 e. The summed E-state index contributed by atoms with van der Waals surface area (Å²) in [5.41, 5.74) is 2.43. The van der Waals surface area contributed by atoms with E-state index < -0.39 is 0 Å². The first kappa shape index (κ1) is 26.9. The number of nitrogens with zero attached hydrogens (tertiary/aromatic N) is 3. The Balaban J connectivity index is 1.68. The van der Waals surface area contributed by atoms with Crippen LogP contribution in [0.25, 0.3) is 0 Å². The highest BCUT2D eigenvalue weighted by atomic mass is 16.5. The van der Waals surface area contributed by atoms with Gasteiger partial charge < -0.3 is 24.8 Å². The van der Waals surface area contributed by atoms with Gasteiger partial charge in [0.15, 0.2) is 0 Å². The molecule has 8 nitrogen and oxygen atoms in total. The average molecular weight is 484 g/mol. The van der Waals surface area contributed by atoms with E-state index >= 15 is 0 Å². The molecule has 0 spiro atoms. The van der Waals surface area contributed by atoms with Crippen molar-refractivity contribution in [1.29, 1.82) is 0 Å². The number of carbonyl (C=O) groups is 2. The van der Waals surface area contributed by atoms with Crippen LogP contribution in [0.1, 0.15) is 80.0 Å². The maximum absolute atomic E-state index is 12.9. The summed E-state index contributed by atoms with van der Waals surface area (Å²) in [6.07, 6.45) is 10.2. The van der Waals surface area contributed by atoms with E-state index in [1.165, 1.54) is 12.8 Å². The van der Waals surface area contributed by atoms with Gasteiger partial charge in [0.2, 0.25) is 0 Å². The van der Waals surface area contributed by atoms with Crippen LogP contribution >= 0.6 is 0 Å². The van der Waals surface area contributed by atoms with Crippen molar-refractivity contribution >= 4 is 17.5 Å². The van der Waals surface area contributed by atoms with Gasteiger partial charge in [0.25, 0.3) is 11.8 Å². The highest BCUT2D eigenvalue weighted by Gasteiger charge is 2.20. The van der Waals surface area contributed by atoms with Crippen molar-refractivity contribution in [2.45, 2.75) is 71.4 Å². The molecule has 0 saturated heterocycles. The van der Waals surface area contributed by atoms with Gasteiger partial charge in [-0.3, -0.25) is 9.59 Å². The van der Waals surface area contributed by atoms with Gasteiger partial charge in [-0.25, -0.2) is 4.98 Å². The third-order valence-electron chi connectivity index (χ3n) is 6.38. The lowest BCUT2D eigenvalue weighted by Gasteiger charge is -2.26. The Morgan fingerprint density at radius 2 is 1.97 bits per heavy atom. The van der Waals surface area contributed by atoms with Crippen LogP contribution in [-0.4, -0.2) is 54.7 Å². The second kappa shape index (κ2) is 14.0. The number of nitrogens with one attached hydrogen (secondary N) is 2. The summed E-state index contributed by atoms with van der Waals surface area (Å²) < 4.78 is 7.28. The maximum atomic E-state index is 12.9. The molecule has 0 radical (unpaired) electrons. The zero-order valence-corrected chi connectivity index (χ0v) is 21.5. The van der Waals surface area contributed by atoms with Crippen LogP contribution in [0.15, 0.2) is 30.6 Å². The third-order valence-corrected chi connectivity index (χ3v) is 6.38. The Morgan fingerprint density at radius 3 is 2.77 bits per heavy atom. The van der Waals surface area contributed by atoms with Crippen LogP contribution in [0, 0.1) is 0 Å². The fraction of sp³-hybridized carbons (Fsp3) is 0.593. The lowest BCUT2D eigenvalue weighted by molar-refractivity contribution is -0.122. The molecular weight excluding hydrogens is 442 g/mol. The molecule has 0 fully saturated rings. The van der Waals surface area contributed by atoms with Crippen LogP contribution < -0.4 is 15.5 Å². The zero-order valence-electron chi connectivity index (χ0n) is 21.5. The van der Waals surface area contributed by atoms with Gasteiger partial charge in [-0.15, -0.1) is 0 Å². The molecule has 0 unspecified atom stereocenters. The lowest BCUT2D eigenvalue weighted by atomic mass is 10.0. The van der Waals surface area contributed by atoms with E-state index in [0.29, 0.717) is 31.1 Å². The van der Waals surface area contributed by atoms with Crippen molar-refractivity contribution in [3.05, 3.63) is 47.5 Å². The summed E-state index contributed by atoms with van der Waals surface area (Å²) in [5, 5.41) is 6.54. The summed E-state index contributed by atoms with van der Waals surface area (Å²) in [6, 6.07) is 5.65. The number of fused-ring (bicyclic) bond motifs is 1. The number of hydrogen-bond donors (Lipinski definition) is 2. The molecule has 1 aliphatic rings. The zero-order chi connectivity index (χ0) is 25.0. The van der Waals surface area contributed by atoms with Crippen molar-refractivity contribution in [3.63, 3.8) is 0 Å². The number of imidazole rings is 1. The monoisotopic (exact) mass is 483 g/mol. The van der Waals surface area contributed by atoms with Crippen molar-refractivity contribution in [2.24, 2.45) is 0 Å².